The number of allylic oxidation sites excluding steroid dienone is 12. The van der Waals surface area contributed by atoms with Crippen molar-refractivity contribution in [2.75, 3.05) is 26.4 Å². The Balaban J connectivity index is 3.65. The standard InChI is InChI=1S/C50H88NO8P/c1-3-5-7-9-11-13-15-17-19-21-23-24-25-26-28-30-32-34-36-38-40-42-49(53)51-44-45-58-60(55,56)59-47-48(52)46-57-50(54)43-41-39-37-35-33-31-29-27-22-20-18-16-14-12-10-8-6-4-2/h5,7,11,13,17,19,23-24,26,28,32,34,48,52H,3-4,6,8-10,12,14-16,18,20-22,25,27,29-31,33,35-47H2,1-2H3,(H,51,53)(H,55,56)/b7-5-,13-11-,19-17-,24-23-,28-26-,34-32-. The van der Waals surface area contributed by atoms with Crippen molar-refractivity contribution < 1.29 is 37.9 Å². The molecule has 0 fully saturated rings. The van der Waals surface area contributed by atoms with Gasteiger partial charge in [-0.15, -0.1) is 0 Å². The fourth-order valence-electron chi connectivity index (χ4n) is 6.33. The van der Waals surface area contributed by atoms with Gasteiger partial charge in [-0.25, -0.2) is 4.57 Å². The molecular formula is C50H88NO8P. The summed E-state index contributed by atoms with van der Waals surface area (Å²) in [6, 6.07) is 0. The SMILES string of the molecule is CC/C=C\C/C=C\C/C=C\C/C=C\C/C=C\C/C=C\CCCCC(=O)NCCOP(=O)(O)OCC(O)COC(=O)CCCCCCCCCCCCCCCCCCCC. The molecule has 1 amide bonds. The maximum Gasteiger partial charge on any atom is 0.472 e. The predicted octanol–water partition coefficient (Wildman–Crippen LogP) is 13.8. The average molecular weight is 862 g/mol. The Bertz CT molecular complexity index is 1210. The van der Waals surface area contributed by atoms with Crippen LogP contribution in [0.15, 0.2) is 72.9 Å². The summed E-state index contributed by atoms with van der Waals surface area (Å²) >= 11 is 0. The summed E-state index contributed by atoms with van der Waals surface area (Å²) in [7, 11) is -4.44. The summed E-state index contributed by atoms with van der Waals surface area (Å²) in [6.45, 7) is 3.40. The number of carbonyl (C=O) groups excluding carboxylic acids is 2. The molecule has 0 aliphatic carbocycles. The number of ether oxygens (including phenoxy) is 1. The van der Waals surface area contributed by atoms with Crippen molar-refractivity contribution in [2.24, 2.45) is 0 Å². The molecule has 0 aliphatic rings. The minimum absolute atomic E-state index is 0.0551. The van der Waals surface area contributed by atoms with E-state index in [4.69, 9.17) is 13.8 Å². The average Bonchev–Trinajstić information content (AvgIpc) is 3.23. The van der Waals surface area contributed by atoms with Crippen molar-refractivity contribution in [3.63, 3.8) is 0 Å². The molecule has 346 valence electrons. The van der Waals surface area contributed by atoms with Gasteiger partial charge in [0, 0.05) is 19.4 Å². The second kappa shape index (κ2) is 46.0. The monoisotopic (exact) mass is 862 g/mol. The van der Waals surface area contributed by atoms with Crippen molar-refractivity contribution >= 4 is 19.7 Å². The topological polar surface area (TPSA) is 131 Å². The third kappa shape index (κ3) is 46.5. The van der Waals surface area contributed by atoms with Crippen LogP contribution in [0.1, 0.15) is 200 Å². The molecular weight excluding hydrogens is 774 g/mol. The first kappa shape index (κ1) is 57.4. The van der Waals surface area contributed by atoms with Crippen LogP contribution in [-0.4, -0.2) is 54.3 Å². The Labute approximate surface area is 367 Å². The first-order chi connectivity index (χ1) is 29.3. The number of phosphoric acid groups is 1. The molecule has 0 aliphatic heterocycles. The first-order valence-electron chi connectivity index (χ1n) is 23.9. The Morgan fingerprint density at radius 2 is 0.950 bits per heavy atom. The zero-order valence-corrected chi connectivity index (χ0v) is 39.0. The highest BCUT2D eigenvalue weighted by atomic mass is 31.2. The van der Waals surface area contributed by atoms with Gasteiger partial charge in [-0.05, 0) is 64.2 Å². The number of unbranched alkanes of at least 4 members (excludes halogenated alkanes) is 19. The molecule has 3 N–H and O–H groups in total. The van der Waals surface area contributed by atoms with Gasteiger partial charge in [0.2, 0.25) is 5.91 Å². The summed E-state index contributed by atoms with van der Waals surface area (Å²) in [6.07, 6.45) is 57.0. The number of hydrogen-bond donors (Lipinski definition) is 3. The van der Waals surface area contributed by atoms with E-state index in [1.165, 1.54) is 96.3 Å². The number of phosphoric ester groups is 1. The second-order valence-electron chi connectivity index (χ2n) is 15.7. The molecule has 0 spiro atoms. The van der Waals surface area contributed by atoms with Gasteiger partial charge in [-0.3, -0.25) is 18.6 Å². The van der Waals surface area contributed by atoms with Crippen LogP contribution in [0.25, 0.3) is 0 Å². The van der Waals surface area contributed by atoms with Gasteiger partial charge < -0.3 is 20.1 Å². The van der Waals surface area contributed by atoms with Crippen LogP contribution in [0.5, 0.6) is 0 Å². The number of esters is 1. The van der Waals surface area contributed by atoms with Gasteiger partial charge in [0.1, 0.15) is 12.7 Å². The molecule has 0 bridgehead atoms. The first-order valence-corrected chi connectivity index (χ1v) is 25.4. The van der Waals surface area contributed by atoms with Crippen molar-refractivity contribution in [3.05, 3.63) is 72.9 Å². The second-order valence-corrected chi connectivity index (χ2v) is 17.2. The number of aliphatic hydroxyl groups is 1. The number of amides is 1. The highest BCUT2D eigenvalue weighted by Gasteiger charge is 2.23. The van der Waals surface area contributed by atoms with Gasteiger partial charge in [0.05, 0.1) is 13.2 Å². The number of nitrogens with one attached hydrogen (secondary N) is 1. The molecule has 9 nitrogen and oxygen atoms in total. The maximum absolute atomic E-state index is 12.1. The molecule has 0 aromatic carbocycles. The number of carbonyl (C=O) groups is 2. The normalized spacial score (nSPS) is 13.9. The lowest BCUT2D eigenvalue weighted by molar-refractivity contribution is -0.147. The van der Waals surface area contributed by atoms with Crippen molar-refractivity contribution in [3.8, 4) is 0 Å². The fraction of sp³-hybridized carbons (Fsp3) is 0.720. The Hall–Kier alpha value is -2.55. The number of aliphatic hydroxyl groups excluding tert-OH is 1. The molecule has 60 heavy (non-hydrogen) atoms. The largest absolute Gasteiger partial charge is 0.472 e. The third-order valence-corrected chi connectivity index (χ3v) is 10.9. The zero-order chi connectivity index (χ0) is 43.9. The lowest BCUT2D eigenvalue weighted by Gasteiger charge is -2.15. The highest BCUT2D eigenvalue weighted by molar-refractivity contribution is 7.47. The molecule has 2 atom stereocenters. The molecule has 0 saturated heterocycles. The van der Waals surface area contributed by atoms with Gasteiger partial charge in [0.25, 0.3) is 0 Å². The van der Waals surface area contributed by atoms with E-state index < -0.39 is 26.5 Å². The van der Waals surface area contributed by atoms with Crippen LogP contribution >= 0.6 is 7.82 Å². The molecule has 0 radical (unpaired) electrons. The van der Waals surface area contributed by atoms with Gasteiger partial charge in [0.15, 0.2) is 0 Å². The van der Waals surface area contributed by atoms with E-state index in [0.29, 0.717) is 6.42 Å². The summed E-state index contributed by atoms with van der Waals surface area (Å²) in [5, 5.41) is 12.7. The molecule has 2 unspecified atom stereocenters. The van der Waals surface area contributed by atoms with Gasteiger partial charge in [-0.2, -0.15) is 0 Å². The van der Waals surface area contributed by atoms with Crippen LogP contribution in [0, 0.1) is 0 Å². The minimum atomic E-state index is -4.44. The number of hydrogen-bond acceptors (Lipinski definition) is 7. The predicted molar refractivity (Wildman–Crippen MR) is 252 cm³/mol. The van der Waals surface area contributed by atoms with Crippen molar-refractivity contribution in [2.45, 2.75) is 206 Å². The smallest absolute Gasteiger partial charge is 0.463 e. The van der Waals surface area contributed by atoms with Crippen LogP contribution in [0.3, 0.4) is 0 Å². The van der Waals surface area contributed by atoms with Crippen LogP contribution < -0.4 is 5.32 Å². The summed E-state index contributed by atoms with van der Waals surface area (Å²) in [4.78, 5) is 34.0. The third-order valence-electron chi connectivity index (χ3n) is 9.90. The van der Waals surface area contributed by atoms with E-state index in [2.05, 4.69) is 92.1 Å². The van der Waals surface area contributed by atoms with Crippen molar-refractivity contribution in [1.29, 1.82) is 0 Å². The van der Waals surface area contributed by atoms with Crippen LogP contribution in [-0.2, 0) is 27.9 Å². The maximum atomic E-state index is 12.1. The Kier molecular flexibility index (Phi) is 44.0. The minimum Gasteiger partial charge on any atom is -0.463 e. The highest BCUT2D eigenvalue weighted by Crippen LogP contribution is 2.42. The summed E-state index contributed by atoms with van der Waals surface area (Å²) < 4.78 is 26.9. The fourth-order valence-corrected chi connectivity index (χ4v) is 7.08. The molecule has 0 saturated carbocycles. The van der Waals surface area contributed by atoms with E-state index in [0.717, 1.165) is 77.0 Å². The van der Waals surface area contributed by atoms with Crippen molar-refractivity contribution in [1.82, 2.24) is 5.32 Å². The van der Waals surface area contributed by atoms with E-state index in [9.17, 15) is 24.2 Å². The van der Waals surface area contributed by atoms with E-state index in [1.807, 2.05) is 0 Å². The van der Waals surface area contributed by atoms with Gasteiger partial charge in [-0.1, -0.05) is 196 Å². The van der Waals surface area contributed by atoms with E-state index >= 15 is 0 Å². The molecule has 0 aromatic heterocycles. The molecule has 0 aromatic rings. The molecule has 10 heteroatoms. The quantitative estimate of drug-likeness (QED) is 0.0239. The number of rotatable bonds is 44. The van der Waals surface area contributed by atoms with E-state index in [1.54, 1.807) is 0 Å². The lowest BCUT2D eigenvalue weighted by Crippen LogP contribution is -2.27. The zero-order valence-electron chi connectivity index (χ0n) is 38.1. The summed E-state index contributed by atoms with van der Waals surface area (Å²) in [5.41, 5.74) is 0. The Morgan fingerprint density at radius 1 is 0.533 bits per heavy atom. The van der Waals surface area contributed by atoms with E-state index in [-0.39, 0.29) is 32.1 Å². The lowest BCUT2D eigenvalue weighted by atomic mass is 10.0. The molecule has 0 heterocycles. The summed E-state index contributed by atoms with van der Waals surface area (Å²) in [5.74, 6) is -0.560. The van der Waals surface area contributed by atoms with Gasteiger partial charge >= 0.3 is 13.8 Å². The van der Waals surface area contributed by atoms with Crippen LogP contribution in [0.4, 0.5) is 0 Å². The molecule has 0 rings (SSSR count). The Morgan fingerprint density at radius 3 is 1.42 bits per heavy atom. The van der Waals surface area contributed by atoms with Crippen LogP contribution in [0.2, 0.25) is 0 Å².